The molecule has 0 unspecified atom stereocenters. The topological polar surface area (TPSA) is 0 Å². The van der Waals surface area contributed by atoms with Crippen molar-refractivity contribution in [2.45, 2.75) is 0 Å². The second-order valence-electron chi connectivity index (χ2n) is 5.09. The Morgan fingerprint density at radius 1 is 0.583 bits per heavy atom. The molecular formula is C22H18Se2. The Labute approximate surface area is 156 Å². The molecule has 0 fully saturated rings. The van der Waals surface area contributed by atoms with Crippen LogP contribution in [0.4, 0.5) is 0 Å². The first-order valence-corrected chi connectivity index (χ1v) is 11.2. The monoisotopic (exact) mass is 442 g/mol. The van der Waals surface area contributed by atoms with Crippen LogP contribution in [0, 0.1) is 0 Å². The molecule has 0 aliphatic rings. The van der Waals surface area contributed by atoms with Crippen molar-refractivity contribution in [3.8, 4) is 0 Å². The van der Waals surface area contributed by atoms with E-state index in [4.69, 9.17) is 0 Å². The van der Waals surface area contributed by atoms with Crippen LogP contribution >= 0.6 is 0 Å². The summed E-state index contributed by atoms with van der Waals surface area (Å²) in [5, 5.41) is 0. The van der Waals surface area contributed by atoms with E-state index in [-0.39, 0.29) is 0 Å². The first-order chi connectivity index (χ1) is 11.9. The van der Waals surface area contributed by atoms with Gasteiger partial charge < -0.3 is 0 Å². The van der Waals surface area contributed by atoms with Crippen molar-refractivity contribution in [3.63, 3.8) is 0 Å². The molecule has 0 amide bonds. The van der Waals surface area contributed by atoms with Crippen molar-refractivity contribution < 1.29 is 0 Å². The number of allylic oxidation sites excluding steroid dienone is 2. The third-order valence-electron chi connectivity index (χ3n) is 3.24. The van der Waals surface area contributed by atoms with E-state index >= 15 is 0 Å². The molecule has 3 aromatic carbocycles. The summed E-state index contributed by atoms with van der Waals surface area (Å²) in [5.74, 6) is 0. The van der Waals surface area contributed by atoms with E-state index in [1.54, 1.807) is 3.37 Å². The first-order valence-electron chi connectivity index (χ1n) is 7.79. The van der Waals surface area contributed by atoms with E-state index in [0.29, 0.717) is 29.9 Å². The van der Waals surface area contributed by atoms with E-state index in [2.05, 4.69) is 109 Å². The summed E-state index contributed by atoms with van der Waals surface area (Å²) < 4.78 is 4.41. The van der Waals surface area contributed by atoms with Crippen LogP contribution in [0.2, 0.25) is 0 Å². The molecule has 2 heteroatoms. The summed E-state index contributed by atoms with van der Waals surface area (Å²) in [6.45, 7) is 0. The van der Waals surface area contributed by atoms with Crippen molar-refractivity contribution in [1.82, 2.24) is 0 Å². The predicted octanol–water partition coefficient (Wildman–Crippen LogP) is 3.60. The summed E-state index contributed by atoms with van der Waals surface area (Å²) in [6.07, 6.45) is 6.69. The van der Waals surface area contributed by atoms with Crippen molar-refractivity contribution in [2.75, 3.05) is 0 Å². The Kier molecular flexibility index (Phi) is 6.71. The van der Waals surface area contributed by atoms with Gasteiger partial charge in [-0.3, -0.25) is 0 Å². The standard InChI is InChI=1S/C22H18Se2/c1-4-11-19(12-5-1)13-10-18-22(23-20-14-6-2-7-15-20)24-21-16-8-3-9-17-21/h1-18H/b13-10+. The van der Waals surface area contributed by atoms with Gasteiger partial charge in [-0.1, -0.05) is 0 Å². The maximum atomic E-state index is 2.31. The van der Waals surface area contributed by atoms with E-state index in [1.165, 1.54) is 14.5 Å². The maximum absolute atomic E-state index is 2.31. The third kappa shape index (κ3) is 5.67. The number of hydrogen-bond donors (Lipinski definition) is 0. The fraction of sp³-hybridized carbons (Fsp3) is 0. The predicted molar refractivity (Wildman–Crippen MR) is 107 cm³/mol. The number of benzene rings is 3. The van der Waals surface area contributed by atoms with Crippen LogP contribution < -0.4 is 8.92 Å². The molecule has 3 aromatic rings. The van der Waals surface area contributed by atoms with Gasteiger partial charge >= 0.3 is 157 Å². The minimum absolute atomic E-state index is 0.373. The van der Waals surface area contributed by atoms with Gasteiger partial charge in [0.25, 0.3) is 0 Å². The zero-order valence-corrected chi connectivity index (χ0v) is 16.6. The van der Waals surface area contributed by atoms with Gasteiger partial charge in [0, 0.05) is 0 Å². The normalized spacial score (nSPS) is 10.7. The van der Waals surface area contributed by atoms with Gasteiger partial charge in [-0.05, 0) is 0 Å². The van der Waals surface area contributed by atoms with Gasteiger partial charge in [-0.25, -0.2) is 0 Å². The SMILES string of the molecule is C(/C=C/c1ccccc1)=C([Se]c1ccccc1)[Se]c1ccccc1. The van der Waals surface area contributed by atoms with Gasteiger partial charge in [-0.15, -0.1) is 0 Å². The van der Waals surface area contributed by atoms with E-state index < -0.39 is 0 Å². The molecule has 0 atom stereocenters. The summed E-state index contributed by atoms with van der Waals surface area (Å²) in [7, 11) is 0. The average molecular weight is 440 g/mol. The molecule has 0 nitrogen and oxygen atoms in total. The van der Waals surface area contributed by atoms with Gasteiger partial charge in [0.1, 0.15) is 0 Å². The molecule has 0 radical (unpaired) electrons. The summed E-state index contributed by atoms with van der Waals surface area (Å²) in [6, 6.07) is 32.1. The van der Waals surface area contributed by atoms with Crippen LogP contribution in [0.5, 0.6) is 0 Å². The van der Waals surface area contributed by atoms with E-state index in [0.717, 1.165) is 0 Å². The Hall–Kier alpha value is -1.82. The van der Waals surface area contributed by atoms with Gasteiger partial charge in [-0.2, -0.15) is 0 Å². The molecular weight excluding hydrogens is 422 g/mol. The van der Waals surface area contributed by atoms with Crippen LogP contribution in [-0.4, -0.2) is 29.9 Å². The van der Waals surface area contributed by atoms with Gasteiger partial charge in [0.05, 0.1) is 0 Å². The molecule has 118 valence electrons. The third-order valence-corrected chi connectivity index (χ3v) is 8.61. The van der Waals surface area contributed by atoms with Crippen LogP contribution in [0.15, 0.2) is 107 Å². The van der Waals surface area contributed by atoms with Gasteiger partial charge in [0.15, 0.2) is 0 Å². The van der Waals surface area contributed by atoms with E-state index in [9.17, 15) is 0 Å². The summed E-state index contributed by atoms with van der Waals surface area (Å²) in [4.78, 5) is 0. The second kappa shape index (κ2) is 9.47. The Bertz CT molecular complexity index is 748. The summed E-state index contributed by atoms with van der Waals surface area (Å²) >= 11 is 0.746. The Balaban J connectivity index is 1.78. The molecule has 0 saturated heterocycles. The molecule has 0 aliphatic carbocycles. The number of hydrogen-bond acceptors (Lipinski definition) is 0. The zero-order chi connectivity index (χ0) is 16.5. The molecule has 0 spiro atoms. The molecule has 0 bridgehead atoms. The molecule has 3 rings (SSSR count). The summed E-state index contributed by atoms with van der Waals surface area (Å²) in [5.41, 5.74) is 1.24. The fourth-order valence-electron chi connectivity index (χ4n) is 2.10. The average Bonchev–Trinajstić information content (AvgIpc) is 2.64. The van der Waals surface area contributed by atoms with Crippen molar-refractivity contribution in [2.24, 2.45) is 0 Å². The second-order valence-corrected chi connectivity index (χ2v) is 11.1. The first kappa shape index (κ1) is 17.0. The molecule has 0 N–H and O–H groups in total. The fourth-order valence-corrected chi connectivity index (χ4v) is 7.56. The molecule has 24 heavy (non-hydrogen) atoms. The quantitative estimate of drug-likeness (QED) is 0.406. The van der Waals surface area contributed by atoms with Crippen LogP contribution in [0.1, 0.15) is 5.56 Å². The molecule has 0 aliphatic heterocycles. The molecule has 0 heterocycles. The van der Waals surface area contributed by atoms with Crippen LogP contribution in [0.25, 0.3) is 6.08 Å². The van der Waals surface area contributed by atoms with Crippen molar-refractivity contribution in [3.05, 3.63) is 112 Å². The van der Waals surface area contributed by atoms with Crippen LogP contribution in [0.3, 0.4) is 0 Å². The Morgan fingerprint density at radius 2 is 1.04 bits per heavy atom. The number of rotatable bonds is 6. The van der Waals surface area contributed by atoms with Gasteiger partial charge in [0.2, 0.25) is 0 Å². The molecule has 0 saturated carbocycles. The molecule has 0 aromatic heterocycles. The van der Waals surface area contributed by atoms with Crippen molar-refractivity contribution in [1.29, 1.82) is 0 Å². The van der Waals surface area contributed by atoms with E-state index in [1.807, 2.05) is 0 Å². The van der Waals surface area contributed by atoms with Crippen LogP contribution in [-0.2, 0) is 0 Å². The zero-order valence-electron chi connectivity index (χ0n) is 13.2. The van der Waals surface area contributed by atoms with Crippen molar-refractivity contribution >= 4 is 44.9 Å². The minimum atomic E-state index is 0.373. The Morgan fingerprint density at radius 3 is 1.54 bits per heavy atom.